The van der Waals surface area contributed by atoms with Crippen molar-refractivity contribution in [2.24, 2.45) is 11.7 Å². The third kappa shape index (κ3) is 4.64. The van der Waals surface area contributed by atoms with Crippen molar-refractivity contribution < 1.29 is 22.4 Å². The van der Waals surface area contributed by atoms with Crippen LogP contribution in [0.1, 0.15) is 39.5 Å². The Morgan fingerprint density at radius 3 is 2.86 bits per heavy atom. The summed E-state index contributed by atoms with van der Waals surface area (Å²) in [5.41, 5.74) is 6.88. The normalized spacial score (nSPS) is 19.9. The molecular weight excluding hydrogens is 436 g/mol. The fraction of sp³-hybridized carbons (Fsp3) is 0.529. The molecule has 1 saturated heterocycles. The Balaban J connectivity index is 1.32. The van der Waals surface area contributed by atoms with Gasteiger partial charge in [0, 0.05) is 11.3 Å². The Morgan fingerprint density at radius 2 is 2.14 bits per heavy atom. The van der Waals surface area contributed by atoms with E-state index in [0.717, 1.165) is 41.5 Å². The first-order chi connectivity index (χ1) is 13.8. The van der Waals surface area contributed by atoms with Crippen molar-refractivity contribution in [2.45, 2.75) is 37.3 Å². The molecule has 3 heterocycles. The summed E-state index contributed by atoms with van der Waals surface area (Å²) in [5, 5.41) is 11.4. The number of thiophene rings is 1. The highest BCUT2D eigenvalue weighted by atomic mass is 32.2. The molecule has 1 aliphatic heterocycles. The molecule has 2 aromatic rings. The van der Waals surface area contributed by atoms with Gasteiger partial charge in [-0.2, -0.15) is 0 Å². The van der Waals surface area contributed by atoms with Gasteiger partial charge in [0.15, 0.2) is 9.84 Å². The second kappa shape index (κ2) is 8.07. The second-order valence-corrected chi connectivity index (χ2v) is 11.5. The number of nitrogens with zero attached hydrogens (tertiary/aromatic N) is 2. The van der Waals surface area contributed by atoms with E-state index in [1.54, 1.807) is 0 Å². The van der Waals surface area contributed by atoms with Gasteiger partial charge in [0.05, 0.1) is 22.8 Å². The van der Waals surface area contributed by atoms with Crippen molar-refractivity contribution in [3.8, 4) is 0 Å². The summed E-state index contributed by atoms with van der Waals surface area (Å²) in [7, 11) is -2.95. The number of anilines is 1. The summed E-state index contributed by atoms with van der Waals surface area (Å²) in [4.78, 5) is 25.2. The first-order valence-corrected chi connectivity index (χ1v) is 12.8. The predicted octanol–water partition coefficient (Wildman–Crippen LogP) is 1.43. The Hall–Kier alpha value is -1.92. The fourth-order valence-corrected chi connectivity index (χ4v) is 7.46. The number of hydrogen-bond donors (Lipinski definition) is 2. The summed E-state index contributed by atoms with van der Waals surface area (Å²) >= 11 is 2.50. The smallest absolute Gasteiger partial charge is 0.277 e. The van der Waals surface area contributed by atoms with Gasteiger partial charge in [-0.05, 0) is 37.2 Å². The maximum Gasteiger partial charge on any atom is 0.277 e. The standard InChI is InChI=1S/C17H20N4O5S3/c18-15(23)14-10-2-1-3-11(10)28-16(14)19-12(22)7-27-17-21-20-13(26-17)6-9-4-5-29(24,25)8-9/h9H,1-8H2,(H2,18,23)(H,19,22)/t9-/m1/s1. The molecule has 156 valence electrons. The van der Waals surface area contributed by atoms with Crippen LogP contribution in [0.3, 0.4) is 0 Å². The topological polar surface area (TPSA) is 145 Å². The summed E-state index contributed by atoms with van der Waals surface area (Å²) in [5.74, 6) is -0.0577. The van der Waals surface area contributed by atoms with Crippen LogP contribution in [0.4, 0.5) is 5.00 Å². The minimum absolute atomic E-state index is 0.00500. The number of aromatic nitrogens is 2. The molecule has 1 aliphatic carbocycles. The van der Waals surface area contributed by atoms with Gasteiger partial charge in [0.25, 0.3) is 11.1 Å². The molecule has 3 N–H and O–H groups in total. The second-order valence-electron chi connectivity index (χ2n) is 7.20. The van der Waals surface area contributed by atoms with Gasteiger partial charge in [-0.1, -0.05) is 11.8 Å². The van der Waals surface area contributed by atoms with Crippen molar-refractivity contribution in [2.75, 3.05) is 22.6 Å². The van der Waals surface area contributed by atoms with Gasteiger partial charge in [-0.25, -0.2) is 8.42 Å². The average molecular weight is 457 g/mol. The van der Waals surface area contributed by atoms with Crippen molar-refractivity contribution in [3.05, 3.63) is 21.9 Å². The number of amides is 2. The molecule has 0 saturated carbocycles. The van der Waals surface area contributed by atoms with Crippen molar-refractivity contribution >= 4 is 49.8 Å². The largest absolute Gasteiger partial charge is 0.416 e. The predicted molar refractivity (Wildman–Crippen MR) is 109 cm³/mol. The number of nitrogens with two attached hydrogens (primary N) is 1. The van der Waals surface area contributed by atoms with Crippen LogP contribution in [0.15, 0.2) is 9.64 Å². The van der Waals surface area contributed by atoms with E-state index in [0.29, 0.717) is 29.3 Å². The first kappa shape index (κ1) is 20.4. The molecule has 12 heteroatoms. The van der Waals surface area contributed by atoms with Crippen molar-refractivity contribution in [1.29, 1.82) is 0 Å². The number of carbonyl (C=O) groups is 2. The minimum Gasteiger partial charge on any atom is -0.416 e. The first-order valence-electron chi connectivity index (χ1n) is 9.20. The average Bonchev–Trinajstić information content (AvgIpc) is 3.38. The van der Waals surface area contributed by atoms with E-state index in [2.05, 4.69) is 15.5 Å². The van der Waals surface area contributed by atoms with Crippen LogP contribution >= 0.6 is 23.1 Å². The number of hydrogen-bond acceptors (Lipinski definition) is 9. The van der Waals surface area contributed by atoms with Crippen molar-refractivity contribution in [3.63, 3.8) is 0 Å². The van der Waals surface area contributed by atoms with E-state index >= 15 is 0 Å². The van der Waals surface area contributed by atoms with E-state index in [-0.39, 0.29) is 34.3 Å². The van der Waals surface area contributed by atoms with Gasteiger partial charge in [-0.15, -0.1) is 21.5 Å². The third-order valence-electron chi connectivity index (χ3n) is 4.99. The lowest BCUT2D eigenvalue weighted by atomic mass is 10.1. The van der Waals surface area contributed by atoms with Crippen LogP contribution < -0.4 is 11.1 Å². The molecular formula is C17H20N4O5S3. The fourth-order valence-electron chi connectivity index (χ4n) is 3.70. The Bertz CT molecular complexity index is 1060. The number of carbonyl (C=O) groups excluding carboxylic acids is 2. The van der Waals surface area contributed by atoms with Gasteiger partial charge < -0.3 is 15.5 Å². The van der Waals surface area contributed by atoms with Gasteiger partial charge in [0.1, 0.15) is 5.00 Å². The third-order valence-corrected chi connectivity index (χ3v) is 8.85. The summed E-state index contributed by atoms with van der Waals surface area (Å²) < 4.78 is 28.6. The van der Waals surface area contributed by atoms with E-state index in [9.17, 15) is 18.0 Å². The zero-order valence-electron chi connectivity index (χ0n) is 15.5. The van der Waals surface area contributed by atoms with Crippen LogP contribution in [0, 0.1) is 5.92 Å². The SMILES string of the molecule is NC(=O)c1c(NC(=O)CSc2nnc(C[C@H]3CCS(=O)(=O)C3)o2)sc2c1CCC2. The minimum atomic E-state index is -2.95. The lowest BCUT2D eigenvalue weighted by Gasteiger charge is -2.05. The highest BCUT2D eigenvalue weighted by molar-refractivity contribution is 7.99. The molecule has 2 aromatic heterocycles. The van der Waals surface area contributed by atoms with Crippen molar-refractivity contribution in [1.82, 2.24) is 10.2 Å². The van der Waals surface area contributed by atoms with Gasteiger partial charge in [-0.3, -0.25) is 9.59 Å². The summed E-state index contributed by atoms with van der Waals surface area (Å²) in [6.07, 6.45) is 3.72. The summed E-state index contributed by atoms with van der Waals surface area (Å²) in [6.45, 7) is 0. The Labute approximate surface area is 175 Å². The molecule has 2 amide bonds. The van der Waals surface area contributed by atoms with Gasteiger partial charge in [0.2, 0.25) is 11.8 Å². The Kier molecular flexibility index (Phi) is 5.67. The molecule has 0 radical (unpaired) electrons. The lowest BCUT2D eigenvalue weighted by Crippen LogP contribution is -2.18. The van der Waals surface area contributed by atoms with Crippen LogP contribution in [0.25, 0.3) is 0 Å². The maximum absolute atomic E-state index is 12.3. The zero-order valence-corrected chi connectivity index (χ0v) is 17.9. The molecule has 0 bridgehead atoms. The molecule has 1 fully saturated rings. The van der Waals surface area contributed by atoms with E-state index < -0.39 is 15.7 Å². The van der Waals surface area contributed by atoms with Crippen LogP contribution in [-0.4, -0.2) is 47.7 Å². The highest BCUT2D eigenvalue weighted by Gasteiger charge is 2.29. The molecule has 4 rings (SSSR count). The number of primary amides is 1. The van der Waals surface area contributed by atoms with E-state index in [4.69, 9.17) is 10.2 Å². The summed E-state index contributed by atoms with van der Waals surface area (Å²) in [6, 6.07) is 0. The van der Waals surface area contributed by atoms with Crippen LogP contribution in [0.2, 0.25) is 0 Å². The molecule has 0 aromatic carbocycles. The number of aryl methyl sites for hydroxylation is 1. The monoisotopic (exact) mass is 456 g/mol. The molecule has 9 nitrogen and oxygen atoms in total. The number of nitrogens with one attached hydrogen (secondary N) is 1. The molecule has 2 aliphatic rings. The number of fused-ring (bicyclic) bond motifs is 1. The molecule has 0 spiro atoms. The van der Waals surface area contributed by atoms with Crippen LogP contribution in [0.5, 0.6) is 0 Å². The number of rotatable bonds is 7. The number of sulfone groups is 1. The number of thioether (sulfide) groups is 1. The quantitative estimate of drug-likeness (QED) is 0.595. The highest BCUT2D eigenvalue weighted by Crippen LogP contribution is 2.39. The van der Waals surface area contributed by atoms with Crippen LogP contribution in [-0.2, 0) is 33.9 Å². The van der Waals surface area contributed by atoms with Gasteiger partial charge >= 0.3 is 0 Å². The van der Waals surface area contributed by atoms with E-state index in [1.807, 2.05) is 0 Å². The maximum atomic E-state index is 12.3. The van der Waals surface area contributed by atoms with E-state index in [1.165, 1.54) is 11.3 Å². The Morgan fingerprint density at radius 1 is 1.31 bits per heavy atom. The molecule has 0 unspecified atom stereocenters. The zero-order chi connectivity index (χ0) is 20.6. The molecule has 1 atom stereocenters. The lowest BCUT2D eigenvalue weighted by molar-refractivity contribution is -0.113. The molecule has 29 heavy (non-hydrogen) atoms.